The minimum absolute atomic E-state index is 0.227. The lowest BCUT2D eigenvalue weighted by molar-refractivity contribution is 0.575. The van der Waals surface area contributed by atoms with Gasteiger partial charge in [-0.15, -0.1) is 0 Å². The third-order valence-corrected chi connectivity index (χ3v) is 3.67. The first kappa shape index (κ1) is 14.5. The normalized spacial score (nSPS) is 12.5. The van der Waals surface area contributed by atoms with Crippen LogP contribution in [0.1, 0.15) is 22.7 Å². The molecule has 0 aliphatic heterocycles. The number of rotatable bonds is 3. The Kier molecular flexibility index (Phi) is 4.61. The molecule has 1 nitrogen and oxygen atoms in total. The molecule has 0 radical (unpaired) electrons. The van der Waals surface area contributed by atoms with Gasteiger partial charge in [0.2, 0.25) is 0 Å². The Bertz CT molecular complexity index is 580. The second-order valence-electron chi connectivity index (χ2n) is 4.45. The predicted molar refractivity (Wildman–Crippen MR) is 81.2 cm³/mol. The van der Waals surface area contributed by atoms with Gasteiger partial charge in [-0.1, -0.05) is 33.6 Å². The molecule has 1 N–H and O–H groups in total. The van der Waals surface area contributed by atoms with Gasteiger partial charge in [-0.3, -0.25) is 0 Å². The molecule has 2 aromatic carbocycles. The molecule has 0 saturated heterocycles. The SMILES string of the molecule is CNC(c1cc(C)cc(Cl)c1)c1cc(Br)ccc1F. The summed E-state index contributed by atoms with van der Waals surface area (Å²) >= 11 is 9.45. The zero-order valence-corrected chi connectivity index (χ0v) is 13.0. The minimum atomic E-state index is -0.236. The van der Waals surface area contributed by atoms with Crippen LogP contribution in [-0.2, 0) is 0 Å². The molecular formula is C15H14BrClFN. The lowest BCUT2D eigenvalue weighted by Gasteiger charge is -2.19. The number of hydrogen-bond donors (Lipinski definition) is 1. The van der Waals surface area contributed by atoms with Crippen LogP contribution >= 0.6 is 27.5 Å². The van der Waals surface area contributed by atoms with Crippen molar-refractivity contribution in [3.63, 3.8) is 0 Å². The molecule has 0 amide bonds. The summed E-state index contributed by atoms with van der Waals surface area (Å²) in [5, 5.41) is 3.80. The highest BCUT2D eigenvalue weighted by Crippen LogP contribution is 2.29. The predicted octanol–water partition coefficient (Wildman–Crippen LogP) is 4.86. The smallest absolute Gasteiger partial charge is 0.128 e. The first-order valence-electron chi connectivity index (χ1n) is 5.90. The molecule has 2 rings (SSSR count). The highest BCUT2D eigenvalue weighted by molar-refractivity contribution is 9.10. The van der Waals surface area contributed by atoms with E-state index in [1.807, 2.05) is 25.1 Å². The molecular weight excluding hydrogens is 329 g/mol. The third-order valence-electron chi connectivity index (χ3n) is 2.96. The van der Waals surface area contributed by atoms with Gasteiger partial charge in [0.05, 0.1) is 6.04 Å². The first-order valence-corrected chi connectivity index (χ1v) is 7.07. The van der Waals surface area contributed by atoms with Crippen LogP contribution in [0, 0.1) is 12.7 Å². The van der Waals surface area contributed by atoms with Crippen molar-refractivity contribution in [1.29, 1.82) is 0 Å². The fourth-order valence-corrected chi connectivity index (χ4v) is 2.85. The summed E-state index contributed by atoms with van der Waals surface area (Å²) < 4.78 is 14.8. The topological polar surface area (TPSA) is 12.0 Å². The Labute approximate surface area is 125 Å². The molecule has 0 aliphatic rings. The van der Waals surface area contributed by atoms with Crippen LogP contribution in [0.2, 0.25) is 5.02 Å². The van der Waals surface area contributed by atoms with Crippen molar-refractivity contribution >= 4 is 27.5 Å². The van der Waals surface area contributed by atoms with E-state index in [1.165, 1.54) is 6.07 Å². The minimum Gasteiger partial charge on any atom is -0.309 e. The number of aryl methyl sites for hydroxylation is 1. The van der Waals surface area contributed by atoms with E-state index >= 15 is 0 Å². The Balaban J connectivity index is 2.52. The van der Waals surface area contributed by atoms with Crippen molar-refractivity contribution in [3.05, 3.63) is 68.4 Å². The highest BCUT2D eigenvalue weighted by Gasteiger charge is 2.17. The molecule has 2 aromatic rings. The number of benzene rings is 2. The van der Waals surface area contributed by atoms with Gasteiger partial charge >= 0.3 is 0 Å². The van der Waals surface area contributed by atoms with E-state index in [2.05, 4.69) is 21.2 Å². The van der Waals surface area contributed by atoms with Crippen LogP contribution < -0.4 is 5.32 Å². The van der Waals surface area contributed by atoms with Crippen LogP contribution in [0.15, 0.2) is 40.9 Å². The van der Waals surface area contributed by atoms with Crippen molar-refractivity contribution in [2.75, 3.05) is 7.05 Å². The van der Waals surface area contributed by atoms with Gasteiger partial charge in [-0.2, -0.15) is 0 Å². The summed E-state index contributed by atoms with van der Waals surface area (Å²) in [5.41, 5.74) is 2.60. The molecule has 1 atom stereocenters. The molecule has 1 unspecified atom stereocenters. The van der Waals surface area contributed by atoms with E-state index in [4.69, 9.17) is 11.6 Å². The maximum atomic E-state index is 14.0. The van der Waals surface area contributed by atoms with Crippen LogP contribution in [-0.4, -0.2) is 7.05 Å². The molecule has 0 aromatic heterocycles. The lowest BCUT2D eigenvalue weighted by atomic mass is 9.97. The zero-order valence-electron chi connectivity index (χ0n) is 10.7. The molecule has 0 saturated carbocycles. The zero-order chi connectivity index (χ0) is 14.0. The first-order chi connectivity index (χ1) is 9.01. The maximum absolute atomic E-state index is 14.0. The molecule has 0 aliphatic carbocycles. The standard InChI is InChI=1S/C15H14BrClFN/c1-9-5-10(7-12(17)6-9)15(19-2)13-8-11(16)3-4-14(13)18/h3-8,15,19H,1-2H3. The van der Waals surface area contributed by atoms with Gasteiger partial charge in [-0.05, 0) is 55.4 Å². The number of nitrogens with one attached hydrogen (secondary N) is 1. The van der Waals surface area contributed by atoms with Gasteiger partial charge in [-0.25, -0.2) is 4.39 Å². The van der Waals surface area contributed by atoms with Crippen molar-refractivity contribution < 1.29 is 4.39 Å². The van der Waals surface area contributed by atoms with Crippen molar-refractivity contribution in [2.45, 2.75) is 13.0 Å². The Morgan fingerprint density at radius 1 is 1.21 bits per heavy atom. The molecule has 0 bridgehead atoms. The fourth-order valence-electron chi connectivity index (χ4n) is 2.17. The Hall–Kier alpha value is -0.900. The van der Waals surface area contributed by atoms with Gasteiger partial charge in [0, 0.05) is 15.1 Å². The van der Waals surface area contributed by atoms with Crippen LogP contribution in [0.25, 0.3) is 0 Å². The van der Waals surface area contributed by atoms with Crippen LogP contribution in [0.4, 0.5) is 4.39 Å². The molecule has 100 valence electrons. The van der Waals surface area contributed by atoms with Crippen molar-refractivity contribution in [2.24, 2.45) is 0 Å². The number of hydrogen-bond acceptors (Lipinski definition) is 1. The van der Waals surface area contributed by atoms with E-state index in [0.717, 1.165) is 15.6 Å². The summed E-state index contributed by atoms with van der Waals surface area (Å²) in [6, 6.07) is 10.5. The van der Waals surface area contributed by atoms with E-state index in [9.17, 15) is 4.39 Å². The maximum Gasteiger partial charge on any atom is 0.128 e. The summed E-state index contributed by atoms with van der Waals surface area (Å²) in [7, 11) is 1.81. The molecule has 0 fully saturated rings. The largest absolute Gasteiger partial charge is 0.309 e. The van der Waals surface area contributed by atoms with Gasteiger partial charge in [0.15, 0.2) is 0 Å². The van der Waals surface area contributed by atoms with E-state index < -0.39 is 0 Å². The summed E-state index contributed by atoms with van der Waals surface area (Å²) in [6.07, 6.45) is 0. The molecule has 19 heavy (non-hydrogen) atoms. The Morgan fingerprint density at radius 2 is 1.95 bits per heavy atom. The van der Waals surface area contributed by atoms with E-state index in [1.54, 1.807) is 19.2 Å². The Morgan fingerprint density at radius 3 is 2.58 bits per heavy atom. The monoisotopic (exact) mass is 341 g/mol. The summed E-state index contributed by atoms with van der Waals surface area (Å²) in [5.74, 6) is -0.236. The van der Waals surface area contributed by atoms with E-state index in [-0.39, 0.29) is 11.9 Å². The fraction of sp³-hybridized carbons (Fsp3) is 0.200. The molecule has 4 heteroatoms. The average molecular weight is 343 g/mol. The van der Waals surface area contributed by atoms with Crippen LogP contribution in [0.3, 0.4) is 0 Å². The second kappa shape index (κ2) is 6.04. The van der Waals surface area contributed by atoms with Crippen molar-refractivity contribution in [3.8, 4) is 0 Å². The lowest BCUT2D eigenvalue weighted by Crippen LogP contribution is -2.19. The summed E-state index contributed by atoms with van der Waals surface area (Å²) in [6.45, 7) is 1.97. The number of halogens is 3. The quantitative estimate of drug-likeness (QED) is 0.840. The molecule has 0 spiro atoms. The second-order valence-corrected chi connectivity index (χ2v) is 5.80. The van der Waals surface area contributed by atoms with E-state index in [0.29, 0.717) is 10.6 Å². The van der Waals surface area contributed by atoms with Crippen molar-refractivity contribution in [1.82, 2.24) is 5.32 Å². The van der Waals surface area contributed by atoms with Crippen LogP contribution in [0.5, 0.6) is 0 Å². The highest BCUT2D eigenvalue weighted by atomic mass is 79.9. The molecule has 0 heterocycles. The summed E-state index contributed by atoms with van der Waals surface area (Å²) in [4.78, 5) is 0. The van der Waals surface area contributed by atoms with Gasteiger partial charge in [0.1, 0.15) is 5.82 Å². The van der Waals surface area contributed by atoms with Gasteiger partial charge < -0.3 is 5.32 Å². The third kappa shape index (κ3) is 3.35. The average Bonchev–Trinajstić information content (AvgIpc) is 2.33. The van der Waals surface area contributed by atoms with Gasteiger partial charge in [0.25, 0.3) is 0 Å².